The van der Waals surface area contributed by atoms with Gasteiger partial charge in [-0.25, -0.2) is 21.6 Å². The molecule has 0 aliphatic rings. The first-order valence-corrected chi connectivity index (χ1v) is 18.5. The number of nitrogens with one attached hydrogen (secondary N) is 4. The van der Waals surface area contributed by atoms with E-state index in [0.717, 1.165) is 11.1 Å². The average Bonchev–Trinajstić information content (AvgIpc) is 3.04. The molecule has 2 unspecified atom stereocenters. The molecule has 0 aliphatic carbocycles. The van der Waals surface area contributed by atoms with Crippen LogP contribution in [0.5, 0.6) is 0 Å². The molecule has 252 valence electrons. The summed E-state index contributed by atoms with van der Waals surface area (Å²) in [5.41, 5.74) is 1.75. The van der Waals surface area contributed by atoms with E-state index in [1.54, 1.807) is 36.4 Å². The fourth-order valence-electron chi connectivity index (χ4n) is 4.11. The Morgan fingerprint density at radius 1 is 0.574 bits per heavy atom. The van der Waals surface area contributed by atoms with Crippen molar-refractivity contribution in [2.45, 2.75) is 35.2 Å². The van der Waals surface area contributed by atoms with E-state index in [2.05, 4.69) is 51.9 Å². The molecule has 0 aliphatic heterocycles. The standard InChI is InChI=1S/C31H32Br2N4O7S2.ClH/c32-25-15-7-9-17-27(25)45(39,40)36-29(34-19-23-11-3-1-4-12-23)21-43-31(38)44-22-30(35-20-24-13-5-2-6-14-24)37-46(41,42)28-18-10-8-16-26(28)33;/h1-18,29-30,34-37H,19-22H2;1H. The number of hydrogen-bond acceptors (Lipinski definition) is 9. The molecule has 0 radical (unpaired) electrons. The van der Waals surface area contributed by atoms with Crippen LogP contribution in [-0.2, 0) is 42.6 Å². The quantitative estimate of drug-likeness (QED) is 0.0874. The minimum Gasteiger partial charge on any atom is -0.431 e. The number of sulfonamides is 2. The van der Waals surface area contributed by atoms with Crippen molar-refractivity contribution in [3.05, 3.63) is 129 Å². The summed E-state index contributed by atoms with van der Waals surface area (Å²) in [7, 11) is -8.07. The number of carbonyl (C=O) groups is 1. The number of ether oxygens (including phenoxy) is 2. The van der Waals surface area contributed by atoms with Crippen LogP contribution in [0.2, 0.25) is 0 Å². The molecule has 0 saturated heterocycles. The fourth-order valence-corrected chi connectivity index (χ4v) is 8.43. The van der Waals surface area contributed by atoms with Crippen LogP contribution in [0.3, 0.4) is 0 Å². The van der Waals surface area contributed by atoms with Gasteiger partial charge in [-0.2, -0.15) is 9.44 Å². The van der Waals surface area contributed by atoms with Gasteiger partial charge in [-0.3, -0.25) is 10.6 Å². The molecule has 0 aromatic heterocycles. The summed E-state index contributed by atoms with van der Waals surface area (Å²) in [6.45, 7) is -0.324. The van der Waals surface area contributed by atoms with Crippen molar-refractivity contribution in [2.24, 2.45) is 0 Å². The molecule has 4 N–H and O–H groups in total. The van der Waals surface area contributed by atoms with E-state index in [1.807, 2.05) is 60.7 Å². The predicted molar refractivity (Wildman–Crippen MR) is 188 cm³/mol. The highest BCUT2D eigenvalue weighted by molar-refractivity contribution is 9.10. The number of hydrogen-bond donors (Lipinski definition) is 4. The average molecular weight is 833 g/mol. The van der Waals surface area contributed by atoms with Crippen LogP contribution < -0.4 is 20.1 Å². The molecule has 4 rings (SSSR count). The molecular weight excluding hydrogens is 800 g/mol. The van der Waals surface area contributed by atoms with Crippen LogP contribution in [0, 0.1) is 0 Å². The van der Waals surface area contributed by atoms with Crippen molar-refractivity contribution in [1.82, 2.24) is 20.1 Å². The van der Waals surface area contributed by atoms with Crippen LogP contribution in [0.4, 0.5) is 4.79 Å². The maximum Gasteiger partial charge on any atom is 0.508 e. The van der Waals surface area contributed by atoms with E-state index in [0.29, 0.717) is 8.95 Å². The van der Waals surface area contributed by atoms with Crippen LogP contribution in [-0.4, -0.2) is 48.5 Å². The first kappa shape index (κ1) is 38.6. The van der Waals surface area contributed by atoms with Crippen LogP contribution in [0.25, 0.3) is 0 Å². The second-order valence-corrected chi connectivity index (χ2v) is 14.9. The van der Waals surface area contributed by atoms with Gasteiger partial charge in [0.25, 0.3) is 0 Å². The lowest BCUT2D eigenvalue weighted by Gasteiger charge is -2.22. The summed E-state index contributed by atoms with van der Waals surface area (Å²) in [4.78, 5) is 12.7. The lowest BCUT2D eigenvalue weighted by Crippen LogP contribution is -2.49. The fraction of sp³-hybridized carbons (Fsp3) is 0.194. The lowest BCUT2D eigenvalue weighted by atomic mass is 10.2. The van der Waals surface area contributed by atoms with E-state index in [4.69, 9.17) is 9.47 Å². The molecule has 16 heteroatoms. The van der Waals surface area contributed by atoms with Gasteiger partial charge >= 0.3 is 6.16 Å². The molecule has 0 fully saturated rings. The highest BCUT2D eigenvalue weighted by Crippen LogP contribution is 2.22. The summed E-state index contributed by atoms with van der Waals surface area (Å²) in [5.74, 6) is 0. The van der Waals surface area contributed by atoms with Crippen molar-refractivity contribution in [2.75, 3.05) is 13.2 Å². The molecule has 0 heterocycles. The van der Waals surface area contributed by atoms with E-state index >= 15 is 0 Å². The van der Waals surface area contributed by atoms with Gasteiger partial charge in [0.15, 0.2) is 0 Å². The van der Waals surface area contributed by atoms with Crippen molar-refractivity contribution in [3.8, 4) is 0 Å². The van der Waals surface area contributed by atoms with Gasteiger partial charge in [-0.05, 0) is 67.3 Å². The Morgan fingerprint density at radius 3 is 1.28 bits per heavy atom. The van der Waals surface area contributed by atoms with Crippen LogP contribution in [0.1, 0.15) is 11.1 Å². The Labute approximate surface area is 297 Å². The summed E-state index contributed by atoms with van der Waals surface area (Å²) < 4.78 is 69.0. The SMILES string of the molecule is Cl.O=C(OCC(NCc1ccccc1)NS(=O)(=O)c1ccccc1Br)OCC(NCc1ccccc1)NS(=O)(=O)c1ccccc1Br. The smallest absolute Gasteiger partial charge is 0.431 e. The number of benzene rings is 4. The Bertz CT molecular complexity index is 1680. The van der Waals surface area contributed by atoms with Crippen molar-refractivity contribution >= 4 is 70.5 Å². The second-order valence-electron chi connectivity index (χ2n) is 9.81. The largest absolute Gasteiger partial charge is 0.508 e. The van der Waals surface area contributed by atoms with Gasteiger partial charge in [-0.15, -0.1) is 12.4 Å². The van der Waals surface area contributed by atoms with Gasteiger partial charge in [-0.1, -0.05) is 84.9 Å². The Morgan fingerprint density at radius 2 is 0.915 bits per heavy atom. The molecule has 4 aromatic carbocycles. The summed E-state index contributed by atoms with van der Waals surface area (Å²) in [6.07, 6.45) is -3.20. The molecule has 11 nitrogen and oxygen atoms in total. The third-order valence-electron chi connectivity index (χ3n) is 6.37. The second kappa shape index (κ2) is 18.6. The highest BCUT2D eigenvalue weighted by Gasteiger charge is 2.25. The maximum absolute atomic E-state index is 13.2. The zero-order valence-corrected chi connectivity index (χ0v) is 30.3. The predicted octanol–water partition coefficient (Wildman–Crippen LogP) is 5.28. The Kier molecular flexibility index (Phi) is 15.3. The first-order chi connectivity index (χ1) is 22.0. The monoisotopic (exact) mass is 830 g/mol. The topological polar surface area (TPSA) is 152 Å². The third kappa shape index (κ3) is 12.3. The Hall–Kier alpha value is -2.86. The summed E-state index contributed by atoms with van der Waals surface area (Å²) >= 11 is 6.52. The van der Waals surface area contributed by atoms with Crippen LogP contribution in [0.15, 0.2) is 128 Å². The zero-order chi connectivity index (χ0) is 33.0. The van der Waals surface area contributed by atoms with Crippen molar-refractivity contribution in [3.63, 3.8) is 0 Å². The molecule has 2 atom stereocenters. The van der Waals surface area contributed by atoms with Crippen molar-refractivity contribution in [1.29, 1.82) is 0 Å². The zero-order valence-electron chi connectivity index (χ0n) is 24.7. The minimum absolute atomic E-state index is 0. The maximum atomic E-state index is 13.2. The van der Waals surface area contributed by atoms with E-state index in [9.17, 15) is 21.6 Å². The first-order valence-electron chi connectivity index (χ1n) is 13.9. The number of carbonyl (C=O) groups excluding carboxylic acids is 1. The molecule has 0 saturated carbocycles. The van der Waals surface area contributed by atoms with E-state index in [1.165, 1.54) is 12.1 Å². The van der Waals surface area contributed by atoms with Gasteiger partial charge in [0.1, 0.15) is 25.5 Å². The van der Waals surface area contributed by atoms with E-state index < -0.39 is 51.7 Å². The molecule has 4 aromatic rings. The number of halogens is 3. The highest BCUT2D eigenvalue weighted by atomic mass is 79.9. The molecule has 0 bridgehead atoms. The van der Waals surface area contributed by atoms with Gasteiger partial charge in [0.2, 0.25) is 20.0 Å². The Balaban J connectivity index is 0.00000600. The molecule has 47 heavy (non-hydrogen) atoms. The molecular formula is C31H33Br2ClN4O7S2. The van der Waals surface area contributed by atoms with E-state index in [-0.39, 0.29) is 35.3 Å². The van der Waals surface area contributed by atoms with Crippen LogP contribution >= 0.6 is 44.3 Å². The minimum atomic E-state index is -4.03. The van der Waals surface area contributed by atoms with Gasteiger partial charge < -0.3 is 9.47 Å². The lowest BCUT2D eigenvalue weighted by molar-refractivity contribution is 0.0402. The third-order valence-corrected chi connectivity index (χ3v) is 11.3. The molecule has 0 amide bonds. The summed E-state index contributed by atoms with van der Waals surface area (Å²) in [6, 6.07) is 31.2. The van der Waals surface area contributed by atoms with Crippen molar-refractivity contribution < 1.29 is 31.1 Å². The molecule has 0 spiro atoms. The van der Waals surface area contributed by atoms with Gasteiger partial charge in [0.05, 0.1) is 9.79 Å². The summed E-state index contributed by atoms with van der Waals surface area (Å²) in [5, 5.41) is 6.10. The number of rotatable bonds is 16. The van der Waals surface area contributed by atoms with Gasteiger partial charge in [0, 0.05) is 22.0 Å². The normalized spacial score (nSPS) is 12.8.